The number of piperidine rings is 1. The molecule has 16 heavy (non-hydrogen) atoms. The molecule has 92 valence electrons. The molecule has 1 saturated heterocycles. The van der Waals surface area contributed by atoms with Gasteiger partial charge >= 0.3 is 0 Å². The van der Waals surface area contributed by atoms with Crippen molar-refractivity contribution in [3.8, 4) is 0 Å². The molecule has 0 bridgehead atoms. The smallest absolute Gasteiger partial charge is 0.149 e. The van der Waals surface area contributed by atoms with Gasteiger partial charge in [0.25, 0.3) is 0 Å². The van der Waals surface area contributed by atoms with E-state index >= 15 is 0 Å². The van der Waals surface area contributed by atoms with E-state index in [0.717, 1.165) is 45.3 Å². The van der Waals surface area contributed by atoms with Crippen molar-refractivity contribution in [3.63, 3.8) is 0 Å². The highest BCUT2D eigenvalue weighted by atomic mass is 16.1. The SMILES string of the molecule is CCCN(C1CCNCC1)C1CCCC1=O. The Hall–Kier alpha value is -0.410. The maximum absolute atomic E-state index is 11.9. The predicted molar refractivity (Wildman–Crippen MR) is 65.5 cm³/mol. The fourth-order valence-corrected chi connectivity index (χ4v) is 3.14. The molecule has 3 heteroatoms. The molecule has 2 aliphatic rings. The number of hydrogen-bond donors (Lipinski definition) is 1. The lowest BCUT2D eigenvalue weighted by molar-refractivity contribution is -0.123. The van der Waals surface area contributed by atoms with Crippen molar-refractivity contribution in [2.24, 2.45) is 0 Å². The number of hydrogen-bond acceptors (Lipinski definition) is 3. The molecular formula is C13H24N2O. The standard InChI is InChI=1S/C13H24N2O/c1-2-10-15(11-6-8-14-9-7-11)12-4-3-5-13(12)16/h11-12,14H,2-10H2,1H3. The summed E-state index contributed by atoms with van der Waals surface area (Å²) in [6.45, 7) is 5.55. The van der Waals surface area contributed by atoms with Crippen LogP contribution in [0.2, 0.25) is 0 Å². The topological polar surface area (TPSA) is 32.3 Å². The van der Waals surface area contributed by atoms with Crippen LogP contribution in [0.25, 0.3) is 0 Å². The Bertz CT molecular complexity index is 236. The number of Topliss-reactive ketones (excluding diaryl/α,β-unsaturated/α-hetero) is 1. The fourth-order valence-electron chi connectivity index (χ4n) is 3.14. The van der Waals surface area contributed by atoms with E-state index < -0.39 is 0 Å². The van der Waals surface area contributed by atoms with Crippen molar-refractivity contribution in [1.82, 2.24) is 10.2 Å². The highest BCUT2D eigenvalue weighted by Gasteiger charge is 2.34. The Morgan fingerprint density at radius 1 is 1.31 bits per heavy atom. The second kappa shape index (κ2) is 5.78. The number of carbonyl (C=O) groups is 1. The van der Waals surface area contributed by atoms with Gasteiger partial charge in [-0.1, -0.05) is 6.92 Å². The minimum absolute atomic E-state index is 0.253. The van der Waals surface area contributed by atoms with E-state index in [-0.39, 0.29) is 6.04 Å². The molecule has 1 atom stereocenters. The zero-order valence-corrected chi connectivity index (χ0v) is 10.4. The van der Waals surface area contributed by atoms with Crippen molar-refractivity contribution >= 4 is 5.78 Å². The average molecular weight is 224 g/mol. The number of nitrogens with one attached hydrogen (secondary N) is 1. The van der Waals surface area contributed by atoms with Gasteiger partial charge in [0.05, 0.1) is 6.04 Å². The van der Waals surface area contributed by atoms with Crippen LogP contribution in [0.5, 0.6) is 0 Å². The van der Waals surface area contributed by atoms with Gasteiger partial charge in [-0.05, 0) is 51.7 Å². The molecule has 0 amide bonds. The molecule has 2 rings (SSSR count). The van der Waals surface area contributed by atoms with E-state index in [1.807, 2.05) is 0 Å². The van der Waals surface area contributed by atoms with Crippen LogP contribution in [-0.4, -0.2) is 42.4 Å². The van der Waals surface area contributed by atoms with Gasteiger partial charge in [0, 0.05) is 12.5 Å². The molecule has 0 spiro atoms. The van der Waals surface area contributed by atoms with E-state index in [4.69, 9.17) is 0 Å². The highest BCUT2D eigenvalue weighted by molar-refractivity contribution is 5.85. The van der Waals surface area contributed by atoms with Crippen LogP contribution in [-0.2, 0) is 4.79 Å². The van der Waals surface area contributed by atoms with E-state index in [9.17, 15) is 4.79 Å². The quantitative estimate of drug-likeness (QED) is 0.787. The Morgan fingerprint density at radius 3 is 2.62 bits per heavy atom. The third kappa shape index (κ3) is 2.64. The summed E-state index contributed by atoms with van der Waals surface area (Å²) < 4.78 is 0. The third-order valence-corrected chi connectivity index (χ3v) is 3.93. The first-order valence-electron chi connectivity index (χ1n) is 6.82. The summed E-state index contributed by atoms with van der Waals surface area (Å²) in [7, 11) is 0. The normalized spacial score (nSPS) is 27.9. The predicted octanol–water partition coefficient (Wildman–Crippen LogP) is 1.57. The van der Waals surface area contributed by atoms with E-state index in [1.165, 1.54) is 12.8 Å². The molecule has 0 aromatic carbocycles. The molecular weight excluding hydrogens is 200 g/mol. The van der Waals surface area contributed by atoms with E-state index in [2.05, 4.69) is 17.1 Å². The van der Waals surface area contributed by atoms with Crippen molar-refractivity contribution in [2.45, 2.75) is 57.5 Å². The minimum Gasteiger partial charge on any atom is -0.317 e. The number of nitrogens with zero attached hydrogens (tertiary/aromatic N) is 1. The Labute approximate surface area is 98.6 Å². The van der Waals surface area contributed by atoms with Gasteiger partial charge < -0.3 is 5.32 Å². The second-order valence-electron chi connectivity index (χ2n) is 5.09. The minimum atomic E-state index is 0.253. The van der Waals surface area contributed by atoms with Gasteiger partial charge in [-0.2, -0.15) is 0 Å². The van der Waals surface area contributed by atoms with Crippen molar-refractivity contribution in [2.75, 3.05) is 19.6 Å². The zero-order valence-electron chi connectivity index (χ0n) is 10.4. The lowest BCUT2D eigenvalue weighted by Gasteiger charge is -2.37. The molecule has 1 saturated carbocycles. The largest absolute Gasteiger partial charge is 0.317 e. The zero-order chi connectivity index (χ0) is 11.4. The lowest BCUT2D eigenvalue weighted by atomic mass is 10.0. The Balaban J connectivity index is 1.99. The molecule has 1 aliphatic heterocycles. The lowest BCUT2D eigenvalue weighted by Crippen LogP contribution is -2.49. The summed E-state index contributed by atoms with van der Waals surface area (Å²) in [6.07, 6.45) is 6.61. The Kier molecular flexibility index (Phi) is 4.36. The molecule has 1 aliphatic carbocycles. The maximum atomic E-state index is 11.9. The average Bonchev–Trinajstić information content (AvgIpc) is 2.73. The second-order valence-corrected chi connectivity index (χ2v) is 5.09. The van der Waals surface area contributed by atoms with Crippen LogP contribution in [0.15, 0.2) is 0 Å². The van der Waals surface area contributed by atoms with Gasteiger partial charge in [0.1, 0.15) is 5.78 Å². The summed E-state index contributed by atoms with van der Waals surface area (Å²) in [6, 6.07) is 0.899. The first-order chi connectivity index (χ1) is 7.83. The van der Waals surface area contributed by atoms with Gasteiger partial charge in [-0.25, -0.2) is 0 Å². The number of carbonyl (C=O) groups excluding carboxylic acids is 1. The highest BCUT2D eigenvalue weighted by Crippen LogP contribution is 2.25. The van der Waals surface area contributed by atoms with Crippen molar-refractivity contribution in [1.29, 1.82) is 0 Å². The van der Waals surface area contributed by atoms with Gasteiger partial charge in [0.15, 0.2) is 0 Å². The van der Waals surface area contributed by atoms with Crippen molar-refractivity contribution in [3.05, 3.63) is 0 Å². The van der Waals surface area contributed by atoms with Crippen LogP contribution in [0.1, 0.15) is 45.4 Å². The molecule has 3 nitrogen and oxygen atoms in total. The molecule has 0 aromatic rings. The van der Waals surface area contributed by atoms with Gasteiger partial charge in [0.2, 0.25) is 0 Å². The maximum Gasteiger partial charge on any atom is 0.149 e. The number of ketones is 1. The summed E-state index contributed by atoms with van der Waals surface area (Å²) in [5.74, 6) is 0.493. The van der Waals surface area contributed by atoms with Gasteiger partial charge in [-0.15, -0.1) is 0 Å². The first-order valence-corrected chi connectivity index (χ1v) is 6.82. The summed E-state index contributed by atoms with van der Waals surface area (Å²) in [4.78, 5) is 14.4. The Morgan fingerprint density at radius 2 is 2.06 bits per heavy atom. The van der Waals surface area contributed by atoms with Gasteiger partial charge in [-0.3, -0.25) is 9.69 Å². The van der Waals surface area contributed by atoms with Crippen LogP contribution >= 0.6 is 0 Å². The summed E-state index contributed by atoms with van der Waals surface area (Å²) >= 11 is 0. The fraction of sp³-hybridized carbons (Fsp3) is 0.923. The molecule has 1 heterocycles. The first kappa shape index (κ1) is 12.1. The van der Waals surface area contributed by atoms with E-state index in [1.54, 1.807) is 0 Å². The van der Waals surface area contributed by atoms with E-state index in [0.29, 0.717) is 11.8 Å². The van der Waals surface area contributed by atoms with Crippen LogP contribution in [0, 0.1) is 0 Å². The van der Waals surface area contributed by atoms with Crippen LogP contribution < -0.4 is 5.32 Å². The summed E-state index contributed by atoms with van der Waals surface area (Å²) in [5, 5.41) is 3.40. The van der Waals surface area contributed by atoms with Crippen LogP contribution in [0.4, 0.5) is 0 Å². The molecule has 1 N–H and O–H groups in total. The molecule has 0 aromatic heterocycles. The third-order valence-electron chi connectivity index (χ3n) is 3.93. The van der Waals surface area contributed by atoms with Crippen LogP contribution in [0.3, 0.4) is 0 Å². The molecule has 0 radical (unpaired) electrons. The number of rotatable bonds is 4. The monoisotopic (exact) mass is 224 g/mol. The van der Waals surface area contributed by atoms with Crippen molar-refractivity contribution < 1.29 is 4.79 Å². The molecule has 1 unspecified atom stereocenters. The summed E-state index contributed by atoms with van der Waals surface area (Å²) in [5.41, 5.74) is 0. The molecule has 2 fully saturated rings.